The first kappa shape index (κ1) is 23.7. The van der Waals surface area contributed by atoms with Gasteiger partial charge in [-0.15, -0.1) is 10.2 Å². The number of nitrogens with zero attached hydrogens (tertiary/aromatic N) is 6. The van der Waals surface area contributed by atoms with Crippen LogP contribution in [0.1, 0.15) is 17.9 Å². The standard InChI is InChI=1S/C23H23F3N8O2/c1-14-31-32-21(36-14)16-2-3-17-18(11-16)29-22(28-17)30-19-10-15(4-5-27-19)13-33-6-8-34(9-7-33)20(35)12-23(24,25)26/h2-5,10-11H,6-9,12-13H2,1H3,(H2,27,28,29,30). The van der Waals surface area contributed by atoms with E-state index in [0.29, 0.717) is 43.2 Å². The Labute approximate surface area is 203 Å². The predicted octanol–water partition coefficient (Wildman–Crippen LogP) is 3.66. The molecule has 36 heavy (non-hydrogen) atoms. The molecule has 0 radical (unpaired) electrons. The number of anilines is 2. The fourth-order valence-corrected chi connectivity index (χ4v) is 4.07. The third-order valence-corrected chi connectivity index (χ3v) is 5.81. The van der Waals surface area contributed by atoms with Crippen molar-refractivity contribution >= 4 is 28.7 Å². The van der Waals surface area contributed by atoms with Gasteiger partial charge in [0.05, 0.1) is 11.0 Å². The highest BCUT2D eigenvalue weighted by Crippen LogP contribution is 2.25. The van der Waals surface area contributed by atoms with E-state index in [1.54, 1.807) is 13.1 Å². The molecule has 4 heterocycles. The number of carbonyl (C=O) groups is 1. The van der Waals surface area contributed by atoms with Gasteiger partial charge in [0.1, 0.15) is 12.2 Å². The summed E-state index contributed by atoms with van der Waals surface area (Å²) in [4.78, 5) is 27.3. The highest BCUT2D eigenvalue weighted by molar-refractivity contribution is 5.82. The molecule has 1 aliphatic rings. The lowest BCUT2D eigenvalue weighted by Gasteiger charge is -2.35. The van der Waals surface area contributed by atoms with Gasteiger partial charge in [-0.1, -0.05) is 0 Å². The summed E-state index contributed by atoms with van der Waals surface area (Å²) in [6.45, 7) is 3.87. The second-order valence-electron chi connectivity index (χ2n) is 8.57. The maximum Gasteiger partial charge on any atom is 0.397 e. The Morgan fingerprint density at radius 1 is 1.14 bits per heavy atom. The van der Waals surface area contributed by atoms with E-state index in [9.17, 15) is 18.0 Å². The van der Waals surface area contributed by atoms with Crippen LogP contribution in [0.4, 0.5) is 24.9 Å². The Kier molecular flexibility index (Phi) is 6.31. The van der Waals surface area contributed by atoms with Crippen molar-refractivity contribution in [2.75, 3.05) is 31.5 Å². The van der Waals surface area contributed by atoms with Gasteiger partial charge in [0, 0.05) is 51.4 Å². The quantitative estimate of drug-likeness (QED) is 0.412. The molecule has 10 nitrogen and oxygen atoms in total. The van der Waals surface area contributed by atoms with Gasteiger partial charge >= 0.3 is 6.18 Å². The van der Waals surface area contributed by atoms with E-state index in [-0.39, 0.29) is 13.1 Å². The number of carbonyl (C=O) groups excluding carboxylic acids is 1. The number of aryl methyl sites for hydroxylation is 1. The minimum absolute atomic E-state index is 0.273. The Hall–Kier alpha value is -4.00. The highest BCUT2D eigenvalue weighted by Gasteiger charge is 2.34. The van der Waals surface area contributed by atoms with Gasteiger partial charge in [0.2, 0.25) is 23.6 Å². The topological polar surface area (TPSA) is 116 Å². The summed E-state index contributed by atoms with van der Waals surface area (Å²) >= 11 is 0. The van der Waals surface area contributed by atoms with E-state index in [4.69, 9.17) is 4.42 Å². The van der Waals surface area contributed by atoms with E-state index >= 15 is 0 Å². The first-order chi connectivity index (χ1) is 17.2. The zero-order chi connectivity index (χ0) is 25.3. The summed E-state index contributed by atoms with van der Waals surface area (Å²) in [7, 11) is 0. The molecule has 13 heteroatoms. The van der Waals surface area contributed by atoms with Gasteiger partial charge in [-0.25, -0.2) is 9.97 Å². The number of pyridine rings is 1. The van der Waals surface area contributed by atoms with E-state index in [1.165, 1.54) is 4.90 Å². The van der Waals surface area contributed by atoms with Crippen LogP contribution in [0, 0.1) is 6.92 Å². The number of H-pyrrole nitrogens is 1. The van der Waals surface area contributed by atoms with Gasteiger partial charge in [-0.05, 0) is 35.9 Å². The fourth-order valence-electron chi connectivity index (χ4n) is 4.07. The molecule has 0 aliphatic carbocycles. The molecular weight excluding hydrogens is 477 g/mol. The molecule has 188 valence electrons. The first-order valence-corrected chi connectivity index (χ1v) is 11.3. The zero-order valence-corrected chi connectivity index (χ0v) is 19.3. The van der Waals surface area contributed by atoms with Crippen molar-refractivity contribution < 1.29 is 22.4 Å². The average Bonchev–Trinajstić information content (AvgIpc) is 3.43. The molecule has 2 N–H and O–H groups in total. The van der Waals surface area contributed by atoms with Crippen LogP contribution in [0.25, 0.3) is 22.5 Å². The summed E-state index contributed by atoms with van der Waals surface area (Å²) in [6, 6.07) is 9.36. The molecule has 0 atom stereocenters. The Balaban J connectivity index is 1.20. The maximum atomic E-state index is 12.5. The molecular formula is C23H23F3N8O2. The lowest BCUT2D eigenvalue weighted by atomic mass is 10.2. The van der Waals surface area contributed by atoms with Gasteiger partial charge in [-0.3, -0.25) is 9.69 Å². The van der Waals surface area contributed by atoms with Crippen LogP contribution in [0.3, 0.4) is 0 Å². The number of fused-ring (bicyclic) bond motifs is 1. The second kappa shape index (κ2) is 9.57. The largest absolute Gasteiger partial charge is 0.421 e. The summed E-state index contributed by atoms with van der Waals surface area (Å²) in [5, 5.41) is 11.1. The maximum absolute atomic E-state index is 12.5. The van der Waals surface area contributed by atoms with E-state index in [1.807, 2.05) is 30.3 Å². The van der Waals surface area contributed by atoms with Crippen LogP contribution >= 0.6 is 0 Å². The van der Waals surface area contributed by atoms with Gasteiger partial charge in [0.25, 0.3) is 0 Å². The minimum Gasteiger partial charge on any atom is -0.421 e. The number of amides is 1. The normalized spacial score (nSPS) is 14.9. The van der Waals surface area contributed by atoms with Gasteiger partial charge < -0.3 is 19.6 Å². The lowest BCUT2D eigenvalue weighted by molar-refractivity contribution is -0.162. The Morgan fingerprint density at radius 3 is 2.67 bits per heavy atom. The first-order valence-electron chi connectivity index (χ1n) is 11.3. The molecule has 1 amide bonds. The number of hydrogen-bond donors (Lipinski definition) is 2. The summed E-state index contributed by atoms with van der Waals surface area (Å²) in [5.74, 6) is 1.16. The smallest absolute Gasteiger partial charge is 0.397 e. The number of alkyl halides is 3. The van der Waals surface area contributed by atoms with Crippen LogP contribution in [0.2, 0.25) is 0 Å². The van der Waals surface area contributed by atoms with Gasteiger partial charge in [0.15, 0.2) is 0 Å². The number of rotatable bonds is 6. The van der Waals surface area contributed by atoms with Crippen molar-refractivity contribution in [1.29, 1.82) is 0 Å². The number of halogens is 3. The fraction of sp³-hybridized carbons (Fsp3) is 0.348. The summed E-state index contributed by atoms with van der Waals surface area (Å²) in [5.41, 5.74) is 3.30. The van der Waals surface area contributed by atoms with Crippen molar-refractivity contribution in [3.63, 3.8) is 0 Å². The number of aromatic amines is 1. The molecule has 1 fully saturated rings. The highest BCUT2D eigenvalue weighted by atomic mass is 19.4. The molecule has 0 spiro atoms. The van der Waals surface area contributed by atoms with Crippen molar-refractivity contribution in [2.24, 2.45) is 0 Å². The molecule has 1 saturated heterocycles. The molecule has 1 aromatic carbocycles. The number of piperazine rings is 1. The molecule has 1 aliphatic heterocycles. The van der Waals surface area contributed by atoms with Crippen LogP contribution in [-0.4, -0.2) is 73.2 Å². The minimum atomic E-state index is -4.48. The average molecular weight is 500 g/mol. The predicted molar refractivity (Wildman–Crippen MR) is 124 cm³/mol. The molecule has 0 saturated carbocycles. The zero-order valence-electron chi connectivity index (χ0n) is 19.3. The van der Waals surface area contributed by atoms with Crippen molar-refractivity contribution in [2.45, 2.75) is 26.1 Å². The summed E-state index contributed by atoms with van der Waals surface area (Å²) in [6.07, 6.45) is -4.21. The Morgan fingerprint density at radius 2 is 1.94 bits per heavy atom. The number of imidazole rings is 1. The van der Waals surface area contributed by atoms with Crippen LogP contribution < -0.4 is 5.32 Å². The van der Waals surface area contributed by atoms with E-state index in [2.05, 4.69) is 35.4 Å². The molecule has 4 aromatic rings. The van der Waals surface area contributed by atoms with Crippen molar-refractivity contribution in [1.82, 2.24) is 34.9 Å². The number of nitrogens with one attached hydrogen (secondary N) is 2. The van der Waals surface area contributed by atoms with E-state index in [0.717, 1.165) is 22.2 Å². The monoisotopic (exact) mass is 500 g/mol. The van der Waals surface area contributed by atoms with Gasteiger partial charge in [-0.2, -0.15) is 13.2 Å². The molecule has 0 unspecified atom stereocenters. The van der Waals surface area contributed by atoms with Crippen molar-refractivity contribution in [3.05, 3.63) is 48.0 Å². The van der Waals surface area contributed by atoms with Crippen molar-refractivity contribution in [3.8, 4) is 11.5 Å². The molecule has 3 aromatic heterocycles. The molecule has 0 bridgehead atoms. The number of aromatic nitrogens is 5. The summed E-state index contributed by atoms with van der Waals surface area (Å²) < 4.78 is 42.9. The lowest BCUT2D eigenvalue weighted by Crippen LogP contribution is -2.49. The van der Waals surface area contributed by atoms with Crippen LogP contribution in [0.15, 0.2) is 40.9 Å². The van der Waals surface area contributed by atoms with Crippen LogP contribution in [0.5, 0.6) is 0 Å². The van der Waals surface area contributed by atoms with Crippen LogP contribution in [-0.2, 0) is 11.3 Å². The van der Waals surface area contributed by atoms with E-state index < -0.39 is 18.5 Å². The number of hydrogen-bond acceptors (Lipinski definition) is 8. The molecule has 5 rings (SSSR count). The second-order valence-corrected chi connectivity index (χ2v) is 8.57. The number of benzene rings is 1. The SMILES string of the molecule is Cc1nnc(-c2ccc3nc(Nc4cc(CN5CCN(C(=O)CC(F)(F)F)CC5)ccn4)[nH]c3c2)o1. The third kappa shape index (κ3) is 5.62. The third-order valence-electron chi connectivity index (χ3n) is 5.81. The Bertz CT molecular complexity index is 1380.